The van der Waals surface area contributed by atoms with E-state index in [2.05, 4.69) is 11.1 Å². The van der Waals surface area contributed by atoms with Crippen molar-refractivity contribution in [1.29, 1.82) is 5.26 Å². The van der Waals surface area contributed by atoms with Gasteiger partial charge >= 0.3 is 0 Å². The van der Waals surface area contributed by atoms with Gasteiger partial charge in [0.05, 0.1) is 31.7 Å². The monoisotopic (exact) mass is 423 g/mol. The summed E-state index contributed by atoms with van der Waals surface area (Å²) < 4.78 is 20.7. The van der Waals surface area contributed by atoms with Crippen molar-refractivity contribution in [3.63, 3.8) is 0 Å². The number of aromatic nitrogens is 1. The highest BCUT2D eigenvalue weighted by molar-refractivity contribution is 8.05. The number of furan rings is 1. The number of thioether (sulfide) groups is 1. The molecule has 0 saturated heterocycles. The molecule has 0 aliphatic rings. The zero-order valence-electron chi connectivity index (χ0n) is 14.5. The Hall–Kier alpha value is -3.48. The van der Waals surface area contributed by atoms with Crippen LogP contribution >= 0.6 is 23.1 Å². The Kier molecular flexibility index (Phi) is 5.12. The molecule has 6 nitrogen and oxygen atoms in total. The molecule has 0 amide bonds. The van der Waals surface area contributed by atoms with E-state index in [1.807, 2.05) is 24.3 Å². The molecule has 0 saturated carbocycles. The van der Waals surface area contributed by atoms with Gasteiger partial charge in [-0.2, -0.15) is 5.26 Å². The average molecular weight is 423 g/mol. The molecule has 2 heterocycles. The minimum atomic E-state index is -0.703. The molecular weight excluding hydrogens is 413 g/mol. The van der Waals surface area contributed by atoms with Gasteiger partial charge in [0.2, 0.25) is 0 Å². The molecule has 9 heteroatoms. The van der Waals surface area contributed by atoms with Crippen LogP contribution in [0.25, 0.3) is 27.6 Å². The van der Waals surface area contributed by atoms with Crippen molar-refractivity contribution in [2.24, 2.45) is 0 Å². The second-order valence-electron chi connectivity index (χ2n) is 5.79. The number of fused-ring (bicyclic) bond motifs is 1. The van der Waals surface area contributed by atoms with Crippen LogP contribution in [0.2, 0.25) is 0 Å². The molecule has 0 spiro atoms. The average Bonchev–Trinajstić information content (AvgIpc) is 3.33. The fourth-order valence-electron chi connectivity index (χ4n) is 2.64. The summed E-state index contributed by atoms with van der Waals surface area (Å²) in [5.41, 5.74) is 0.633. The van der Waals surface area contributed by atoms with Crippen LogP contribution in [0, 0.1) is 27.3 Å². The van der Waals surface area contributed by atoms with Crippen LogP contribution in [0.4, 0.5) is 10.1 Å². The van der Waals surface area contributed by atoms with Crippen molar-refractivity contribution in [2.45, 2.75) is 4.34 Å². The quantitative estimate of drug-likeness (QED) is 0.163. The van der Waals surface area contributed by atoms with E-state index in [0.29, 0.717) is 10.7 Å². The maximum absolute atomic E-state index is 13.3. The third-order valence-electron chi connectivity index (χ3n) is 3.90. The Bertz CT molecular complexity index is 1270. The predicted octanol–water partition coefficient (Wildman–Crippen LogP) is 6.26. The Labute approximate surface area is 172 Å². The molecule has 0 N–H and O–H groups in total. The van der Waals surface area contributed by atoms with Crippen molar-refractivity contribution >= 4 is 45.1 Å². The SMILES string of the molecule is N#CC(=Cc1ccc(-c2ccc(F)cc2[N+](=O)[O-])o1)Sc1nc2ccccc2s1. The maximum Gasteiger partial charge on any atom is 0.283 e. The largest absolute Gasteiger partial charge is 0.456 e. The highest BCUT2D eigenvalue weighted by Crippen LogP contribution is 2.36. The minimum Gasteiger partial charge on any atom is -0.456 e. The second kappa shape index (κ2) is 7.87. The van der Waals surface area contributed by atoms with Crippen molar-refractivity contribution in [1.82, 2.24) is 4.98 Å². The van der Waals surface area contributed by atoms with Gasteiger partial charge in [-0.3, -0.25) is 10.1 Å². The van der Waals surface area contributed by atoms with Gasteiger partial charge in [0.1, 0.15) is 23.4 Å². The number of nitro benzene ring substituents is 1. The fraction of sp³-hybridized carbons (Fsp3) is 0. The first kappa shape index (κ1) is 18.9. The number of thiazole rings is 1. The molecule has 2 aromatic heterocycles. The third kappa shape index (κ3) is 4.03. The Balaban J connectivity index is 1.62. The number of benzene rings is 2. The number of para-hydroxylation sites is 1. The Morgan fingerprint density at radius 3 is 2.86 bits per heavy atom. The van der Waals surface area contributed by atoms with Crippen LogP contribution in [-0.2, 0) is 0 Å². The number of halogens is 1. The number of rotatable bonds is 5. The van der Waals surface area contributed by atoms with E-state index in [1.54, 1.807) is 12.1 Å². The summed E-state index contributed by atoms with van der Waals surface area (Å²) >= 11 is 2.69. The highest BCUT2D eigenvalue weighted by atomic mass is 32.2. The molecule has 0 bridgehead atoms. The molecule has 0 atom stereocenters. The number of nitrogens with zero attached hydrogens (tertiary/aromatic N) is 3. The normalized spacial score (nSPS) is 11.5. The first-order chi connectivity index (χ1) is 14.0. The molecule has 0 unspecified atom stereocenters. The fourth-order valence-corrected chi connectivity index (χ4v) is 4.60. The summed E-state index contributed by atoms with van der Waals surface area (Å²) in [6.07, 6.45) is 1.54. The molecule has 4 rings (SSSR count). The van der Waals surface area contributed by atoms with E-state index in [1.165, 1.54) is 35.2 Å². The lowest BCUT2D eigenvalue weighted by Crippen LogP contribution is -1.92. The van der Waals surface area contributed by atoms with Gasteiger partial charge < -0.3 is 4.42 Å². The summed E-state index contributed by atoms with van der Waals surface area (Å²) in [7, 11) is 0. The van der Waals surface area contributed by atoms with E-state index >= 15 is 0 Å². The van der Waals surface area contributed by atoms with Crippen LogP contribution in [-0.4, -0.2) is 9.91 Å². The van der Waals surface area contributed by atoms with E-state index in [4.69, 9.17) is 4.42 Å². The highest BCUT2D eigenvalue weighted by Gasteiger charge is 2.19. The summed E-state index contributed by atoms with van der Waals surface area (Å²) in [4.78, 5) is 15.4. The lowest BCUT2D eigenvalue weighted by atomic mass is 10.1. The molecule has 0 fully saturated rings. The zero-order chi connectivity index (χ0) is 20.4. The predicted molar refractivity (Wildman–Crippen MR) is 110 cm³/mol. The van der Waals surface area contributed by atoms with Crippen molar-refractivity contribution in [2.75, 3.05) is 0 Å². The smallest absolute Gasteiger partial charge is 0.283 e. The summed E-state index contributed by atoms with van der Waals surface area (Å²) in [6.45, 7) is 0. The molecule has 29 heavy (non-hydrogen) atoms. The standard InChI is InChI=1S/C20H10FN3O3S2/c21-12-5-7-15(17(9-12)24(25)26)18-8-6-13(27-18)10-14(11-22)28-20-23-16-3-1-2-4-19(16)29-20/h1-10H. The van der Waals surface area contributed by atoms with E-state index in [-0.39, 0.29) is 17.0 Å². The number of allylic oxidation sites excluding steroid dienone is 1. The number of hydrogen-bond acceptors (Lipinski definition) is 7. The van der Waals surface area contributed by atoms with Crippen LogP contribution in [0.5, 0.6) is 0 Å². The Morgan fingerprint density at radius 1 is 1.28 bits per heavy atom. The van der Waals surface area contributed by atoms with E-state index in [9.17, 15) is 19.8 Å². The van der Waals surface area contributed by atoms with Gasteiger partial charge in [0, 0.05) is 6.08 Å². The van der Waals surface area contributed by atoms with Crippen LogP contribution in [0.1, 0.15) is 5.76 Å². The molecular formula is C20H10FN3O3S2. The van der Waals surface area contributed by atoms with Crippen molar-refractivity contribution in [3.05, 3.63) is 81.2 Å². The molecule has 0 radical (unpaired) electrons. The molecule has 142 valence electrons. The van der Waals surface area contributed by atoms with Gasteiger partial charge in [0.25, 0.3) is 5.69 Å². The van der Waals surface area contributed by atoms with Crippen molar-refractivity contribution < 1.29 is 13.7 Å². The topological polar surface area (TPSA) is 93.0 Å². The maximum atomic E-state index is 13.3. The van der Waals surface area contributed by atoms with Gasteiger partial charge in [-0.15, -0.1) is 11.3 Å². The summed E-state index contributed by atoms with van der Waals surface area (Å²) in [6, 6.07) is 16.2. The van der Waals surface area contributed by atoms with E-state index in [0.717, 1.165) is 26.7 Å². The molecule has 0 aliphatic carbocycles. The van der Waals surface area contributed by atoms with Gasteiger partial charge in [-0.05, 0) is 48.2 Å². The lowest BCUT2D eigenvalue weighted by molar-refractivity contribution is -0.384. The number of hydrogen-bond donors (Lipinski definition) is 0. The first-order valence-corrected chi connectivity index (χ1v) is 9.86. The zero-order valence-corrected chi connectivity index (χ0v) is 16.2. The number of nitro groups is 1. The third-order valence-corrected chi connectivity index (χ3v) is 5.93. The van der Waals surface area contributed by atoms with Crippen LogP contribution < -0.4 is 0 Å². The molecule has 4 aromatic rings. The second-order valence-corrected chi connectivity index (χ2v) is 8.11. The van der Waals surface area contributed by atoms with Gasteiger partial charge in [0.15, 0.2) is 4.34 Å². The minimum absolute atomic E-state index is 0.161. The summed E-state index contributed by atoms with van der Waals surface area (Å²) in [5.74, 6) is -0.139. The summed E-state index contributed by atoms with van der Waals surface area (Å²) in [5, 5.41) is 20.6. The van der Waals surface area contributed by atoms with Crippen LogP contribution in [0.15, 0.2) is 68.3 Å². The van der Waals surface area contributed by atoms with E-state index < -0.39 is 10.7 Å². The first-order valence-electron chi connectivity index (χ1n) is 8.23. The number of nitriles is 1. The molecule has 0 aliphatic heterocycles. The van der Waals surface area contributed by atoms with Gasteiger partial charge in [-0.25, -0.2) is 9.37 Å². The lowest BCUT2D eigenvalue weighted by Gasteiger charge is -2.00. The van der Waals surface area contributed by atoms with Crippen LogP contribution in [0.3, 0.4) is 0 Å². The van der Waals surface area contributed by atoms with Crippen molar-refractivity contribution in [3.8, 4) is 17.4 Å². The Morgan fingerprint density at radius 2 is 2.10 bits per heavy atom. The molecule has 2 aromatic carbocycles. The van der Waals surface area contributed by atoms with Gasteiger partial charge in [-0.1, -0.05) is 12.1 Å².